The lowest BCUT2D eigenvalue weighted by atomic mass is 10.1. The molecule has 0 spiro atoms. The first-order valence-electron chi connectivity index (χ1n) is 8.39. The molecule has 0 saturated carbocycles. The van der Waals surface area contributed by atoms with E-state index in [0.717, 1.165) is 24.2 Å². The number of aryl methyl sites for hydroxylation is 3. The number of unbranched alkanes of at least 4 members (excludes halogenated alkanes) is 1. The molecule has 0 amide bonds. The van der Waals surface area contributed by atoms with Crippen molar-refractivity contribution in [1.82, 2.24) is 0 Å². The van der Waals surface area contributed by atoms with Gasteiger partial charge in [-0.05, 0) is 67.2 Å². The first-order valence-corrected chi connectivity index (χ1v) is 8.80. The number of hydrogen-bond donors (Lipinski definition) is 2. The first kappa shape index (κ1) is 17.5. The minimum absolute atomic E-state index is 0.635. The van der Waals surface area contributed by atoms with E-state index in [0.29, 0.717) is 5.11 Å². The summed E-state index contributed by atoms with van der Waals surface area (Å²) in [5.41, 5.74) is 6.01. The van der Waals surface area contributed by atoms with Crippen LogP contribution in [0.15, 0.2) is 42.5 Å². The molecule has 0 bridgehead atoms. The van der Waals surface area contributed by atoms with Gasteiger partial charge in [0.1, 0.15) is 0 Å². The monoisotopic (exact) mass is 326 g/mol. The third kappa shape index (κ3) is 5.07. The molecule has 2 N–H and O–H groups in total. The molecule has 2 nitrogen and oxygen atoms in total. The Morgan fingerprint density at radius 3 is 2.39 bits per heavy atom. The quantitative estimate of drug-likeness (QED) is 0.665. The molecule has 0 radical (unpaired) electrons. The van der Waals surface area contributed by atoms with Crippen molar-refractivity contribution in [3.05, 3.63) is 59.2 Å². The average molecular weight is 327 g/mol. The highest BCUT2D eigenvalue weighted by atomic mass is 32.1. The molecule has 23 heavy (non-hydrogen) atoms. The highest BCUT2D eigenvalue weighted by molar-refractivity contribution is 7.80. The van der Waals surface area contributed by atoms with Gasteiger partial charge in [0.25, 0.3) is 0 Å². The molecule has 0 aromatic heterocycles. The summed E-state index contributed by atoms with van der Waals surface area (Å²) in [7, 11) is 0. The van der Waals surface area contributed by atoms with Crippen molar-refractivity contribution in [2.75, 3.05) is 10.6 Å². The summed E-state index contributed by atoms with van der Waals surface area (Å²) in [6.07, 6.45) is 4.59. The fourth-order valence-corrected chi connectivity index (χ4v) is 2.83. The Kier molecular flexibility index (Phi) is 6.60. The maximum atomic E-state index is 5.47. The van der Waals surface area contributed by atoms with Crippen LogP contribution in [0.5, 0.6) is 0 Å². The molecule has 122 valence electrons. The summed E-state index contributed by atoms with van der Waals surface area (Å²) in [4.78, 5) is 0. The molecule has 0 aliphatic rings. The van der Waals surface area contributed by atoms with Gasteiger partial charge in [0.05, 0.1) is 0 Å². The van der Waals surface area contributed by atoms with Crippen molar-refractivity contribution < 1.29 is 0 Å². The Bertz CT molecular complexity index is 647. The van der Waals surface area contributed by atoms with Gasteiger partial charge in [0.2, 0.25) is 0 Å². The third-order valence-corrected chi connectivity index (χ3v) is 4.21. The molecule has 0 fully saturated rings. The van der Waals surface area contributed by atoms with E-state index in [2.05, 4.69) is 73.9 Å². The van der Waals surface area contributed by atoms with E-state index in [1.807, 2.05) is 0 Å². The van der Waals surface area contributed by atoms with E-state index in [1.54, 1.807) is 0 Å². The summed E-state index contributed by atoms with van der Waals surface area (Å²) >= 11 is 5.47. The predicted molar refractivity (Wildman–Crippen MR) is 105 cm³/mol. The summed E-state index contributed by atoms with van der Waals surface area (Å²) in [5, 5.41) is 7.25. The fourth-order valence-electron chi connectivity index (χ4n) is 2.61. The standard InChI is InChI=1S/C20H26N2S/c1-4-6-9-16-11-13-18(14-12-16)21-20(23)22-19-15(3)8-7-10-17(19)5-2/h7-8,10-14H,4-6,9H2,1-3H3,(H2,21,22,23). The molecule has 0 atom stereocenters. The van der Waals surface area contributed by atoms with Crippen molar-refractivity contribution in [3.63, 3.8) is 0 Å². The zero-order chi connectivity index (χ0) is 16.7. The van der Waals surface area contributed by atoms with Crippen LogP contribution in [0, 0.1) is 6.92 Å². The predicted octanol–water partition coefficient (Wildman–Crippen LogP) is 5.71. The lowest BCUT2D eigenvalue weighted by Gasteiger charge is -2.16. The van der Waals surface area contributed by atoms with Crippen molar-refractivity contribution >= 4 is 28.7 Å². The van der Waals surface area contributed by atoms with Crippen LogP contribution in [0.4, 0.5) is 11.4 Å². The van der Waals surface area contributed by atoms with Crippen LogP contribution in [0.1, 0.15) is 43.4 Å². The number of para-hydroxylation sites is 1. The van der Waals surface area contributed by atoms with Gasteiger partial charge in [-0.2, -0.15) is 0 Å². The number of nitrogens with one attached hydrogen (secondary N) is 2. The van der Waals surface area contributed by atoms with E-state index in [4.69, 9.17) is 12.2 Å². The maximum Gasteiger partial charge on any atom is 0.175 e. The molecule has 2 rings (SSSR count). The molecule has 2 aromatic carbocycles. The van der Waals surface area contributed by atoms with Crippen LogP contribution in [0.3, 0.4) is 0 Å². The van der Waals surface area contributed by atoms with Gasteiger partial charge in [0, 0.05) is 11.4 Å². The summed E-state index contributed by atoms with van der Waals surface area (Å²) in [6.45, 7) is 6.48. The second kappa shape index (κ2) is 8.68. The second-order valence-corrected chi connectivity index (χ2v) is 6.25. The molecule has 0 heterocycles. The van der Waals surface area contributed by atoms with Crippen LogP contribution in [-0.4, -0.2) is 5.11 Å². The molecule has 0 aliphatic heterocycles. The van der Waals surface area contributed by atoms with Gasteiger partial charge >= 0.3 is 0 Å². The Morgan fingerprint density at radius 2 is 1.74 bits per heavy atom. The zero-order valence-electron chi connectivity index (χ0n) is 14.3. The van der Waals surface area contributed by atoms with Gasteiger partial charge in [-0.1, -0.05) is 50.6 Å². The Morgan fingerprint density at radius 1 is 1.00 bits per heavy atom. The van der Waals surface area contributed by atoms with Gasteiger partial charge in [-0.25, -0.2) is 0 Å². The molecule has 2 aromatic rings. The maximum absolute atomic E-state index is 5.47. The van der Waals surface area contributed by atoms with Crippen molar-refractivity contribution in [3.8, 4) is 0 Å². The fraction of sp³-hybridized carbons (Fsp3) is 0.350. The normalized spacial score (nSPS) is 10.4. The van der Waals surface area contributed by atoms with Crippen LogP contribution in [0.25, 0.3) is 0 Å². The van der Waals surface area contributed by atoms with Crippen LogP contribution >= 0.6 is 12.2 Å². The lowest BCUT2D eigenvalue weighted by molar-refractivity contribution is 0.795. The summed E-state index contributed by atoms with van der Waals surface area (Å²) < 4.78 is 0. The largest absolute Gasteiger partial charge is 0.332 e. The third-order valence-electron chi connectivity index (χ3n) is 4.01. The van der Waals surface area contributed by atoms with Crippen molar-refractivity contribution in [1.29, 1.82) is 0 Å². The molecule has 0 unspecified atom stereocenters. The van der Waals surface area contributed by atoms with Crippen LogP contribution < -0.4 is 10.6 Å². The smallest absolute Gasteiger partial charge is 0.175 e. The van der Waals surface area contributed by atoms with Gasteiger partial charge < -0.3 is 10.6 Å². The van der Waals surface area contributed by atoms with E-state index in [9.17, 15) is 0 Å². The molecular formula is C20H26N2S. The van der Waals surface area contributed by atoms with Crippen LogP contribution in [-0.2, 0) is 12.8 Å². The highest BCUT2D eigenvalue weighted by Crippen LogP contribution is 2.21. The van der Waals surface area contributed by atoms with Crippen molar-refractivity contribution in [2.24, 2.45) is 0 Å². The first-order chi connectivity index (χ1) is 11.1. The Labute approximate surface area is 145 Å². The number of thiocarbonyl (C=S) groups is 1. The van der Waals surface area contributed by atoms with Gasteiger partial charge in [0.15, 0.2) is 5.11 Å². The number of rotatable bonds is 6. The summed E-state index contributed by atoms with van der Waals surface area (Å²) in [5.74, 6) is 0. The van der Waals surface area contributed by atoms with Crippen LogP contribution in [0.2, 0.25) is 0 Å². The lowest BCUT2D eigenvalue weighted by Crippen LogP contribution is -2.20. The molecule has 0 saturated heterocycles. The number of benzene rings is 2. The van der Waals surface area contributed by atoms with E-state index < -0.39 is 0 Å². The van der Waals surface area contributed by atoms with Crippen molar-refractivity contribution in [2.45, 2.75) is 46.5 Å². The molecule has 0 aliphatic carbocycles. The zero-order valence-corrected chi connectivity index (χ0v) is 15.1. The Balaban J connectivity index is 2.00. The number of anilines is 2. The molecular weight excluding hydrogens is 300 g/mol. The molecule has 3 heteroatoms. The Hall–Kier alpha value is -1.87. The average Bonchev–Trinajstić information content (AvgIpc) is 2.56. The minimum Gasteiger partial charge on any atom is -0.332 e. The topological polar surface area (TPSA) is 24.1 Å². The van der Waals surface area contributed by atoms with E-state index in [1.165, 1.54) is 29.5 Å². The van der Waals surface area contributed by atoms with Gasteiger partial charge in [-0.3, -0.25) is 0 Å². The van der Waals surface area contributed by atoms with E-state index >= 15 is 0 Å². The summed E-state index contributed by atoms with van der Waals surface area (Å²) in [6, 6.07) is 14.9. The highest BCUT2D eigenvalue weighted by Gasteiger charge is 2.06. The van der Waals surface area contributed by atoms with E-state index in [-0.39, 0.29) is 0 Å². The minimum atomic E-state index is 0.635. The second-order valence-electron chi connectivity index (χ2n) is 5.84. The van der Waals surface area contributed by atoms with Gasteiger partial charge in [-0.15, -0.1) is 0 Å². The number of hydrogen-bond acceptors (Lipinski definition) is 1. The SMILES string of the molecule is CCCCc1ccc(NC(=S)Nc2c(C)cccc2CC)cc1.